The molecule has 0 fully saturated rings. The molecule has 2 rings (SSSR count). The van der Waals surface area contributed by atoms with E-state index in [0.717, 1.165) is 16.8 Å². The third-order valence-electron chi connectivity index (χ3n) is 2.90. The molecule has 1 amide bonds. The Balaban J connectivity index is 2.59. The van der Waals surface area contributed by atoms with Gasteiger partial charge in [0.1, 0.15) is 0 Å². The van der Waals surface area contributed by atoms with Crippen LogP contribution in [-0.2, 0) is 4.79 Å². The van der Waals surface area contributed by atoms with Crippen molar-refractivity contribution in [2.75, 3.05) is 11.4 Å². The Bertz CT molecular complexity index is 534. The largest absolute Gasteiger partial charge is 0.301 e. The van der Waals surface area contributed by atoms with Gasteiger partial charge in [0.15, 0.2) is 0 Å². The summed E-state index contributed by atoms with van der Waals surface area (Å²) >= 11 is 5.46. The molecule has 4 heteroatoms. The minimum absolute atomic E-state index is 0.325. The maximum atomic E-state index is 11.9. The Labute approximate surface area is 105 Å². The molecule has 0 saturated carbocycles. The molecule has 88 valence electrons. The normalized spacial score (nSPS) is 14.9. The van der Waals surface area contributed by atoms with Gasteiger partial charge in [-0.15, -0.1) is 0 Å². The fourth-order valence-electron chi connectivity index (χ4n) is 2.08. The summed E-state index contributed by atoms with van der Waals surface area (Å²) in [6.45, 7) is 4.05. The molecular formula is C13H12ClNO2. The predicted molar refractivity (Wildman–Crippen MR) is 67.6 cm³/mol. The van der Waals surface area contributed by atoms with E-state index in [9.17, 15) is 9.59 Å². The monoisotopic (exact) mass is 249 g/mol. The van der Waals surface area contributed by atoms with Crippen molar-refractivity contribution in [1.29, 1.82) is 0 Å². The summed E-state index contributed by atoms with van der Waals surface area (Å²) < 4.78 is 0. The van der Waals surface area contributed by atoms with Crippen molar-refractivity contribution < 1.29 is 9.59 Å². The van der Waals surface area contributed by atoms with E-state index in [-0.39, 0.29) is 0 Å². The third kappa shape index (κ3) is 1.76. The van der Waals surface area contributed by atoms with Crippen molar-refractivity contribution in [3.05, 3.63) is 40.4 Å². The number of fused-ring (bicyclic) bond motifs is 1. The number of amides is 1. The van der Waals surface area contributed by atoms with Crippen LogP contribution in [-0.4, -0.2) is 18.2 Å². The van der Waals surface area contributed by atoms with E-state index in [0.29, 0.717) is 12.1 Å². The molecule has 1 aliphatic rings. The van der Waals surface area contributed by atoms with Crippen LogP contribution in [0.15, 0.2) is 23.7 Å². The lowest BCUT2D eigenvalue weighted by atomic mass is 10.0. The van der Waals surface area contributed by atoms with Gasteiger partial charge in [0.05, 0.1) is 11.3 Å². The zero-order valence-electron chi connectivity index (χ0n) is 9.66. The number of aryl methyl sites for hydroxylation is 2. The highest BCUT2D eigenvalue weighted by Crippen LogP contribution is 2.34. The van der Waals surface area contributed by atoms with Crippen LogP contribution in [0.2, 0.25) is 0 Å². The van der Waals surface area contributed by atoms with Crippen molar-refractivity contribution in [3.63, 3.8) is 0 Å². The van der Waals surface area contributed by atoms with Gasteiger partial charge in [-0.3, -0.25) is 9.59 Å². The average molecular weight is 250 g/mol. The van der Waals surface area contributed by atoms with Gasteiger partial charge in [0, 0.05) is 12.1 Å². The molecule has 0 N–H and O–H groups in total. The highest BCUT2D eigenvalue weighted by Gasteiger charge is 2.37. The van der Waals surface area contributed by atoms with Crippen molar-refractivity contribution in [2.45, 2.75) is 13.8 Å². The zero-order chi connectivity index (χ0) is 12.6. The maximum absolute atomic E-state index is 11.9. The van der Waals surface area contributed by atoms with Crippen LogP contribution in [0, 0.1) is 13.8 Å². The summed E-state index contributed by atoms with van der Waals surface area (Å²) in [7, 11) is 0. The Morgan fingerprint density at radius 2 is 1.88 bits per heavy atom. The van der Waals surface area contributed by atoms with Crippen LogP contribution in [0.25, 0.3) is 0 Å². The van der Waals surface area contributed by atoms with Gasteiger partial charge in [-0.1, -0.05) is 29.8 Å². The van der Waals surface area contributed by atoms with Gasteiger partial charge < -0.3 is 4.90 Å². The van der Waals surface area contributed by atoms with Gasteiger partial charge >= 0.3 is 0 Å². The molecule has 0 aliphatic carbocycles. The Hall–Kier alpha value is -1.61. The molecule has 17 heavy (non-hydrogen) atoms. The number of anilines is 1. The Morgan fingerprint density at radius 1 is 1.24 bits per heavy atom. The minimum atomic E-state index is -0.479. The van der Waals surface area contributed by atoms with E-state index in [4.69, 9.17) is 11.6 Å². The number of ketones is 1. The summed E-state index contributed by atoms with van der Waals surface area (Å²) in [4.78, 5) is 25.2. The van der Waals surface area contributed by atoms with Crippen molar-refractivity contribution in [1.82, 2.24) is 0 Å². The molecular weight excluding hydrogens is 238 g/mol. The van der Waals surface area contributed by atoms with Crippen LogP contribution in [0.3, 0.4) is 0 Å². The molecule has 1 aromatic carbocycles. The van der Waals surface area contributed by atoms with E-state index >= 15 is 0 Å². The Kier molecular flexibility index (Phi) is 3.03. The summed E-state index contributed by atoms with van der Waals surface area (Å²) in [6, 6.07) is 3.78. The van der Waals surface area contributed by atoms with Gasteiger partial charge in [0.25, 0.3) is 11.7 Å². The summed E-state index contributed by atoms with van der Waals surface area (Å²) in [5, 5.41) is 0. The van der Waals surface area contributed by atoms with Gasteiger partial charge in [0.2, 0.25) is 0 Å². The SMILES string of the molecule is Cc1ccc(C)c2c1C(=O)C(=O)N2C/C=C/Cl. The highest BCUT2D eigenvalue weighted by atomic mass is 35.5. The number of halogens is 1. The number of Topliss-reactive ketones (excluding diaryl/α,β-unsaturated/α-hetero) is 1. The molecule has 0 unspecified atom stereocenters. The standard InChI is InChI=1S/C13H12ClNO2/c1-8-4-5-9(2)11-10(8)12(16)13(17)15(11)7-3-6-14/h3-6H,7H2,1-2H3/b6-3+. The van der Waals surface area contributed by atoms with Gasteiger partial charge in [-0.25, -0.2) is 0 Å². The van der Waals surface area contributed by atoms with Crippen molar-refractivity contribution >= 4 is 29.0 Å². The summed E-state index contributed by atoms with van der Waals surface area (Å²) in [5.41, 5.74) is 4.35. The first-order valence-electron chi connectivity index (χ1n) is 5.29. The quantitative estimate of drug-likeness (QED) is 0.756. The van der Waals surface area contributed by atoms with Crippen LogP contribution in [0.1, 0.15) is 21.5 Å². The van der Waals surface area contributed by atoms with Gasteiger partial charge in [-0.2, -0.15) is 0 Å². The first kappa shape index (κ1) is 11.9. The van der Waals surface area contributed by atoms with E-state index in [1.54, 1.807) is 6.08 Å². The fourth-order valence-corrected chi connectivity index (χ4v) is 2.16. The fraction of sp³-hybridized carbons (Fsp3) is 0.231. The molecule has 1 heterocycles. The minimum Gasteiger partial charge on any atom is -0.301 e. The lowest BCUT2D eigenvalue weighted by Gasteiger charge is -2.16. The maximum Gasteiger partial charge on any atom is 0.299 e. The second-order valence-electron chi connectivity index (χ2n) is 4.03. The molecule has 0 atom stereocenters. The number of carbonyl (C=O) groups is 2. The molecule has 0 aromatic heterocycles. The second-order valence-corrected chi connectivity index (χ2v) is 4.28. The highest BCUT2D eigenvalue weighted by molar-refractivity contribution is 6.52. The topological polar surface area (TPSA) is 37.4 Å². The van der Waals surface area contributed by atoms with Crippen LogP contribution >= 0.6 is 11.6 Å². The van der Waals surface area contributed by atoms with E-state index in [2.05, 4.69) is 0 Å². The number of rotatable bonds is 2. The molecule has 1 aliphatic heterocycles. The average Bonchev–Trinajstić information content (AvgIpc) is 2.56. The van der Waals surface area contributed by atoms with Crippen LogP contribution in [0.5, 0.6) is 0 Å². The van der Waals surface area contributed by atoms with Gasteiger partial charge in [-0.05, 0) is 25.0 Å². The van der Waals surface area contributed by atoms with Crippen LogP contribution < -0.4 is 4.90 Å². The molecule has 0 radical (unpaired) electrons. The molecule has 0 saturated heterocycles. The smallest absolute Gasteiger partial charge is 0.299 e. The zero-order valence-corrected chi connectivity index (χ0v) is 10.4. The number of hydrogen-bond donors (Lipinski definition) is 0. The molecule has 0 spiro atoms. The Morgan fingerprint density at radius 3 is 2.53 bits per heavy atom. The number of carbonyl (C=O) groups excluding carboxylic acids is 2. The summed E-state index contributed by atoms with van der Waals surface area (Å²) in [6.07, 6.45) is 1.64. The van der Waals surface area contributed by atoms with E-state index in [1.165, 1.54) is 10.4 Å². The number of hydrogen-bond acceptors (Lipinski definition) is 2. The van der Waals surface area contributed by atoms with E-state index in [1.807, 2.05) is 26.0 Å². The van der Waals surface area contributed by atoms with Crippen LogP contribution in [0.4, 0.5) is 5.69 Å². The predicted octanol–water partition coefficient (Wildman–Crippen LogP) is 2.59. The number of nitrogens with zero attached hydrogens (tertiary/aromatic N) is 1. The lowest BCUT2D eigenvalue weighted by Crippen LogP contribution is -2.30. The first-order chi connectivity index (χ1) is 8.07. The van der Waals surface area contributed by atoms with Crippen molar-refractivity contribution in [3.8, 4) is 0 Å². The van der Waals surface area contributed by atoms with Crippen molar-refractivity contribution in [2.24, 2.45) is 0 Å². The molecule has 1 aromatic rings. The first-order valence-corrected chi connectivity index (χ1v) is 5.73. The molecule has 3 nitrogen and oxygen atoms in total. The number of benzene rings is 1. The second kappa shape index (κ2) is 4.34. The molecule has 0 bridgehead atoms. The summed E-state index contributed by atoms with van der Waals surface area (Å²) in [5.74, 6) is -0.906. The lowest BCUT2D eigenvalue weighted by molar-refractivity contribution is -0.114. The third-order valence-corrected chi connectivity index (χ3v) is 3.08. The van der Waals surface area contributed by atoms with E-state index < -0.39 is 11.7 Å².